The summed E-state index contributed by atoms with van der Waals surface area (Å²) >= 11 is 18.2. The first-order chi connectivity index (χ1) is 13.4. The van der Waals surface area contributed by atoms with Gasteiger partial charge in [-0.1, -0.05) is 46.9 Å². The predicted octanol–water partition coefficient (Wildman–Crippen LogP) is 4.88. The maximum atomic E-state index is 12.6. The van der Waals surface area contributed by atoms with Gasteiger partial charge in [0.05, 0.1) is 12.3 Å². The number of hydrogen-bond acceptors (Lipinski definition) is 4. The molecule has 0 aliphatic heterocycles. The number of aliphatic hydroxyl groups is 1. The third kappa shape index (κ3) is 5.00. The zero-order valence-electron chi connectivity index (χ0n) is 14.8. The first-order valence-corrected chi connectivity index (χ1v) is 9.52. The summed E-state index contributed by atoms with van der Waals surface area (Å²) in [7, 11) is 0. The van der Waals surface area contributed by atoms with Crippen molar-refractivity contribution < 1.29 is 9.90 Å². The van der Waals surface area contributed by atoms with E-state index in [0.29, 0.717) is 32.1 Å². The first kappa shape index (κ1) is 20.6. The van der Waals surface area contributed by atoms with Crippen LogP contribution in [0.4, 0.5) is 0 Å². The minimum absolute atomic E-state index is 0.159. The molecule has 0 spiro atoms. The molecular weight excluding hydrogens is 421 g/mol. The summed E-state index contributed by atoms with van der Waals surface area (Å²) in [5, 5.41) is 13.3. The molecule has 8 heteroatoms. The van der Waals surface area contributed by atoms with E-state index in [2.05, 4.69) is 15.3 Å². The third-order valence-corrected chi connectivity index (χ3v) is 4.56. The van der Waals surface area contributed by atoms with E-state index in [0.717, 1.165) is 5.56 Å². The molecule has 5 nitrogen and oxygen atoms in total. The number of carbonyl (C=O) groups is 1. The van der Waals surface area contributed by atoms with E-state index >= 15 is 0 Å². The van der Waals surface area contributed by atoms with Gasteiger partial charge in [0, 0.05) is 32.2 Å². The highest BCUT2D eigenvalue weighted by atomic mass is 35.5. The second-order valence-electron chi connectivity index (χ2n) is 6.18. The fraction of sp³-hybridized carbons (Fsp3) is 0.150. The minimum atomic E-state index is -0.423. The number of benzene rings is 2. The molecule has 0 saturated carbocycles. The van der Waals surface area contributed by atoms with Gasteiger partial charge in [-0.15, -0.1) is 0 Å². The van der Waals surface area contributed by atoms with Gasteiger partial charge in [0.2, 0.25) is 0 Å². The number of hydrogen-bond donors (Lipinski definition) is 2. The van der Waals surface area contributed by atoms with Gasteiger partial charge in [-0.3, -0.25) is 4.79 Å². The summed E-state index contributed by atoms with van der Waals surface area (Å²) in [6, 6.07) is 13.2. The summed E-state index contributed by atoms with van der Waals surface area (Å²) in [5.41, 5.74) is 2.05. The highest BCUT2D eigenvalue weighted by molar-refractivity contribution is 6.35. The normalized spacial score (nSPS) is 11.9. The zero-order valence-corrected chi connectivity index (χ0v) is 17.1. The van der Waals surface area contributed by atoms with Crippen molar-refractivity contribution in [2.45, 2.75) is 13.0 Å². The van der Waals surface area contributed by atoms with Crippen molar-refractivity contribution in [2.75, 3.05) is 6.61 Å². The van der Waals surface area contributed by atoms with Crippen LogP contribution >= 0.6 is 34.8 Å². The Morgan fingerprint density at radius 2 is 1.61 bits per heavy atom. The molecule has 2 aromatic carbocycles. The summed E-state index contributed by atoms with van der Waals surface area (Å²) in [6.45, 7) is 1.51. The lowest BCUT2D eigenvalue weighted by Gasteiger charge is -2.12. The Labute approximate surface area is 177 Å². The van der Waals surface area contributed by atoms with Gasteiger partial charge in [-0.2, -0.15) is 0 Å². The quantitative estimate of drug-likeness (QED) is 0.597. The Bertz CT molecular complexity index is 990. The maximum absolute atomic E-state index is 12.6. The van der Waals surface area contributed by atoms with E-state index in [9.17, 15) is 9.90 Å². The van der Waals surface area contributed by atoms with Crippen LogP contribution in [0.3, 0.4) is 0 Å². The van der Waals surface area contributed by atoms with Crippen molar-refractivity contribution in [3.05, 3.63) is 69.3 Å². The Morgan fingerprint density at radius 1 is 0.964 bits per heavy atom. The fourth-order valence-electron chi connectivity index (χ4n) is 2.49. The van der Waals surface area contributed by atoms with Crippen molar-refractivity contribution in [1.29, 1.82) is 0 Å². The van der Waals surface area contributed by atoms with Crippen molar-refractivity contribution >= 4 is 40.7 Å². The van der Waals surface area contributed by atoms with Crippen LogP contribution in [0.1, 0.15) is 17.4 Å². The van der Waals surface area contributed by atoms with E-state index in [4.69, 9.17) is 34.8 Å². The van der Waals surface area contributed by atoms with Crippen LogP contribution in [-0.4, -0.2) is 33.6 Å². The largest absolute Gasteiger partial charge is 0.394 e. The second kappa shape index (κ2) is 8.88. The van der Waals surface area contributed by atoms with Gasteiger partial charge in [-0.05, 0) is 43.3 Å². The van der Waals surface area contributed by atoms with Crippen molar-refractivity contribution in [3.8, 4) is 22.6 Å². The molecule has 0 unspecified atom stereocenters. The smallest absolute Gasteiger partial charge is 0.270 e. The third-order valence-electron chi connectivity index (χ3n) is 3.87. The van der Waals surface area contributed by atoms with Gasteiger partial charge < -0.3 is 10.4 Å². The molecule has 1 aromatic heterocycles. The lowest BCUT2D eigenvalue weighted by atomic mass is 10.1. The summed E-state index contributed by atoms with van der Waals surface area (Å²) < 4.78 is 0. The lowest BCUT2D eigenvalue weighted by Crippen LogP contribution is -2.35. The molecule has 0 saturated heterocycles. The van der Waals surface area contributed by atoms with Crippen LogP contribution in [0.15, 0.2) is 48.5 Å². The predicted molar refractivity (Wildman–Crippen MR) is 112 cm³/mol. The van der Waals surface area contributed by atoms with Crippen LogP contribution in [-0.2, 0) is 0 Å². The number of carbonyl (C=O) groups excluding carboxylic acids is 1. The molecule has 1 heterocycles. The van der Waals surface area contributed by atoms with Crippen LogP contribution in [0.25, 0.3) is 22.6 Å². The fourth-order valence-corrected chi connectivity index (χ4v) is 3.14. The molecule has 0 aliphatic rings. The monoisotopic (exact) mass is 435 g/mol. The Kier molecular flexibility index (Phi) is 6.52. The molecule has 2 N–H and O–H groups in total. The minimum Gasteiger partial charge on any atom is -0.394 e. The molecule has 0 bridgehead atoms. The molecule has 28 heavy (non-hydrogen) atoms. The second-order valence-corrected chi connectivity index (χ2v) is 7.49. The van der Waals surface area contributed by atoms with Gasteiger partial charge in [0.15, 0.2) is 5.82 Å². The van der Waals surface area contributed by atoms with Crippen LogP contribution in [0.5, 0.6) is 0 Å². The van der Waals surface area contributed by atoms with Crippen molar-refractivity contribution in [1.82, 2.24) is 15.3 Å². The van der Waals surface area contributed by atoms with Crippen molar-refractivity contribution in [2.24, 2.45) is 0 Å². The average molecular weight is 437 g/mol. The lowest BCUT2D eigenvalue weighted by molar-refractivity contribution is 0.0917. The van der Waals surface area contributed by atoms with Crippen LogP contribution < -0.4 is 5.32 Å². The van der Waals surface area contributed by atoms with E-state index in [1.807, 2.05) is 0 Å². The molecule has 3 rings (SSSR count). The highest BCUT2D eigenvalue weighted by Crippen LogP contribution is 2.28. The molecule has 3 aromatic rings. The standard InChI is InChI=1S/C20H16Cl3N3O2/c1-11(10-27)24-20(28)18-9-17(12-2-4-14(21)5-3-12)25-19(26-18)13-6-15(22)8-16(23)7-13/h2-9,11,27H,10H2,1H3,(H,24,28)/t11-/m0/s1. The summed E-state index contributed by atoms with van der Waals surface area (Å²) in [6.07, 6.45) is 0. The molecule has 0 aliphatic carbocycles. The molecule has 0 fully saturated rings. The molecule has 1 atom stereocenters. The first-order valence-electron chi connectivity index (χ1n) is 8.39. The van der Waals surface area contributed by atoms with E-state index < -0.39 is 11.9 Å². The van der Waals surface area contributed by atoms with Crippen LogP contribution in [0, 0.1) is 0 Å². The summed E-state index contributed by atoms with van der Waals surface area (Å²) in [4.78, 5) is 21.5. The van der Waals surface area contributed by atoms with Crippen LogP contribution in [0.2, 0.25) is 15.1 Å². The number of amides is 1. The Morgan fingerprint density at radius 3 is 2.21 bits per heavy atom. The van der Waals surface area contributed by atoms with E-state index in [1.165, 1.54) is 0 Å². The number of aromatic nitrogens is 2. The van der Waals surface area contributed by atoms with E-state index in [-0.39, 0.29) is 12.3 Å². The number of rotatable bonds is 5. The van der Waals surface area contributed by atoms with E-state index in [1.54, 1.807) is 55.5 Å². The zero-order chi connectivity index (χ0) is 20.3. The van der Waals surface area contributed by atoms with Crippen molar-refractivity contribution in [3.63, 3.8) is 0 Å². The number of aliphatic hydroxyl groups excluding tert-OH is 1. The maximum Gasteiger partial charge on any atom is 0.270 e. The van der Waals surface area contributed by atoms with Gasteiger partial charge >= 0.3 is 0 Å². The van der Waals surface area contributed by atoms with Gasteiger partial charge in [0.25, 0.3) is 5.91 Å². The molecule has 144 valence electrons. The summed E-state index contributed by atoms with van der Waals surface area (Å²) in [5.74, 6) is -0.118. The molecule has 1 amide bonds. The highest BCUT2D eigenvalue weighted by Gasteiger charge is 2.16. The molecular formula is C20H16Cl3N3O2. The number of nitrogens with one attached hydrogen (secondary N) is 1. The number of nitrogens with zero attached hydrogens (tertiary/aromatic N) is 2. The SMILES string of the molecule is C[C@@H](CO)NC(=O)c1cc(-c2ccc(Cl)cc2)nc(-c2cc(Cl)cc(Cl)c2)n1. The Balaban J connectivity index is 2.13. The average Bonchev–Trinajstić information content (AvgIpc) is 2.67. The Hall–Kier alpha value is -2.18. The number of halogens is 3. The molecule has 0 radical (unpaired) electrons. The van der Waals surface area contributed by atoms with Gasteiger partial charge in [0.1, 0.15) is 5.69 Å². The van der Waals surface area contributed by atoms with Gasteiger partial charge in [-0.25, -0.2) is 9.97 Å². The topological polar surface area (TPSA) is 75.1 Å².